The number of carbonyl (C=O) groups is 2. The first-order valence-corrected chi connectivity index (χ1v) is 14.8. The first-order chi connectivity index (χ1) is 22.3. The molecule has 0 spiro atoms. The number of hydrogen-bond acceptors (Lipinski definition) is 10. The van der Waals surface area contributed by atoms with Crippen LogP contribution in [-0.2, 0) is 14.3 Å². The lowest BCUT2D eigenvalue weighted by atomic mass is 10.0. The summed E-state index contributed by atoms with van der Waals surface area (Å²) < 4.78 is 50.9. The quantitative estimate of drug-likeness (QED) is 0.169. The number of ether oxygens (including phenoxy) is 4. The summed E-state index contributed by atoms with van der Waals surface area (Å²) in [6, 6.07) is 9.47. The van der Waals surface area contributed by atoms with Crippen LogP contribution in [0.4, 0.5) is 20.2 Å². The van der Waals surface area contributed by atoms with Gasteiger partial charge in [-0.1, -0.05) is 0 Å². The van der Waals surface area contributed by atoms with E-state index in [1.807, 2.05) is 0 Å². The predicted octanol–water partition coefficient (Wildman–Crippen LogP) is 4.56. The largest absolute Gasteiger partial charge is 0.488 e. The summed E-state index contributed by atoms with van der Waals surface area (Å²) in [6.07, 6.45) is 4.16. The molecule has 3 aromatic heterocycles. The van der Waals surface area contributed by atoms with Gasteiger partial charge in [0.15, 0.2) is 17.3 Å². The number of hydrogen-bond donors (Lipinski definition) is 2. The van der Waals surface area contributed by atoms with Crippen molar-refractivity contribution in [2.45, 2.75) is 19.3 Å². The second kappa shape index (κ2) is 13.6. The number of rotatable bonds is 12. The highest BCUT2D eigenvalue weighted by Crippen LogP contribution is 2.47. The molecule has 0 bridgehead atoms. The third-order valence-corrected chi connectivity index (χ3v) is 7.77. The molecule has 4 aromatic rings. The van der Waals surface area contributed by atoms with Crippen molar-refractivity contribution in [3.8, 4) is 23.3 Å². The number of carbonyl (C=O) groups excluding carboxylic acids is 2. The van der Waals surface area contributed by atoms with Crippen LogP contribution in [0.2, 0.25) is 0 Å². The zero-order valence-electron chi connectivity index (χ0n) is 25.1. The van der Waals surface area contributed by atoms with Gasteiger partial charge in [0.25, 0.3) is 11.8 Å². The van der Waals surface area contributed by atoms with Gasteiger partial charge in [0.2, 0.25) is 11.8 Å². The number of nitrogens with zero attached hydrogens (tertiary/aromatic N) is 4. The Balaban J connectivity index is 1.10. The average Bonchev–Trinajstić information content (AvgIpc) is 3.88. The molecule has 2 fully saturated rings. The van der Waals surface area contributed by atoms with Crippen molar-refractivity contribution in [1.82, 2.24) is 19.9 Å². The molecular formula is C32H32F2N6O6. The number of benzene rings is 1. The van der Waals surface area contributed by atoms with E-state index >= 15 is 4.39 Å². The van der Waals surface area contributed by atoms with E-state index in [1.54, 1.807) is 6.07 Å². The van der Waals surface area contributed by atoms with Gasteiger partial charge in [-0.2, -0.15) is 0 Å². The number of amides is 2. The van der Waals surface area contributed by atoms with Crippen molar-refractivity contribution in [2.75, 3.05) is 57.2 Å². The Hall–Kier alpha value is -4.95. The predicted molar refractivity (Wildman–Crippen MR) is 163 cm³/mol. The number of halogens is 2. The summed E-state index contributed by atoms with van der Waals surface area (Å²) in [7, 11) is 1.47. The van der Waals surface area contributed by atoms with E-state index in [1.165, 1.54) is 49.8 Å². The molecule has 2 aliphatic rings. The molecule has 2 N–H and O–H groups in total. The highest BCUT2D eigenvalue weighted by molar-refractivity contribution is 6.16. The van der Waals surface area contributed by atoms with E-state index in [4.69, 9.17) is 18.9 Å². The van der Waals surface area contributed by atoms with Crippen LogP contribution < -0.4 is 24.8 Å². The van der Waals surface area contributed by atoms with Gasteiger partial charge in [-0.25, -0.2) is 18.7 Å². The molecule has 1 aliphatic heterocycles. The SMILES string of the molecule is COc1nc2c(Oc3ncc(NC(=O)C4(C(=O)Nc5ccc(F)cc5)CC4)cc3F)ccnc2cc1OCCCN1CCOCC1. The third-order valence-electron chi connectivity index (χ3n) is 7.77. The van der Waals surface area contributed by atoms with Gasteiger partial charge >= 0.3 is 0 Å². The molecule has 240 valence electrons. The van der Waals surface area contributed by atoms with Crippen molar-refractivity contribution in [3.63, 3.8) is 0 Å². The Morgan fingerprint density at radius 2 is 1.70 bits per heavy atom. The topological polar surface area (TPSA) is 137 Å². The monoisotopic (exact) mass is 634 g/mol. The van der Waals surface area contributed by atoms with E-state index < -0.39 is 28.9 Å². The van der Waals surface area contributed by atoms with Crippen LogP contribution >= 0.6 is 0 Å². The highest BCUT2D eigenvalue weighted by atomic mass is 19.1. The van der Waals surface area contributed by atoms with Crippen molar-refractivity contribution in [1.29, 1.82) is 0 Å². The molecule has 14 heteroatoms. The number of anilines is 2. The Morgan fingerprint density at radius 1 is 0.957 bits per heavy atom. The van der Waals surface area contributed by atoms with Crippen molar-refractivity contribution >= 4 is 34.2 Å². The maximum absolute atomic E-state index is 15.2. The van der Waals surface area contributed by atoms with Crippen molar-refractivity contribution < 1.29 is 37.3 Å². The molecule has 6 rings (SSSR count). The van der Waals surface area contributed by atoms with Crippen LogP contribution in [-0.4, -0.2) is 78.2 Å². The molecular weight excluding hydrogens is 602 g/mol. The lowest BCUT2D eigenvalue weighted by Gasteiger charge is -2.26. The molecule has 0 radical (unpaired) electrons. The standard InChI is InChI=1S/C32H32F2N6O6/c1-43-29-26(45-14-2-11-40-12-15-44-16-13-40)18-24-27(39-29)25(7-10-35-24)46-28-23(34)17-22(19-36-28)38-31(42)32(8-9-32)30(41)37-21-5-3-20(33)4-6-21/h3-7,10,17-19H,2,8-9,11-16H2,1H3,(H,37,41)(H,38,42). The number of nitrogens with one attached hydrogen (secondary N) is 2. The second-order valence-corrected chi connectivity index (χ2v) is 10.9. The van der Waals surface area contributed by atoms with Crippen LogP contribution in [0, 0.1) is 17.0 Å². The van der Waals surface area contributed by atoms with Gasteiger partial charge in [0.05, 0.1) is 44.3 Å². The summed E-state index contributed by atoms with van der Waals surface area (Å²) in [4.78, 5) is 41.0. The maximum atomic E-state index is 15.2. The minimum atomic E-state index is -1.31. The molecule has 1 aliphatic carbocycles. The first kappa shape index (κ1) is 31.0. The van der Waals surface area contributed by atoms with E-state index in [0.717, 1.165) is 45.3 Å². The fraction of sp³-hybridized carbons (Fsp3) is 0.344. The molecule has 0 unspecified atom stereocenters. The van der Waals surface area contributed by atoms with E-state index in [0.29, 0.717) is 41.9 Å². The molecule has 4 heterocycles. The number of methoxy groups -OCH3 is 1. The van der Waals surface area contributed by atoms with Crippen LogP contribution in [0.3, 0.4) is 0 Å². The zero-order valence-corrected chi connectivity index (χ0v) is 25.1. The Morgan fingerprint density at radius 3 is 2.39 bits per heavy atom. The summed E-state index contributed by atoms with van der Waals surface area (Å²) in [6.45, 7) is 4.62. The van der Waals surface area contributed by atoms with E-state index in [2.05, 4.69) is 30.5 Å². The number of pyridine rings is 3. The summed E-state index contributed by atoms with van der Waals surface area (Å²) in [5.74, 6) is -1.96. The fourth-order valence-electron chi connectivity index (χ4n) is 5.03. The molecule has 1 aromatic carbocycles. The molecule has 1 saturated carbocycles. The first-order valence-electron chi connectivity index (χ1n) is 14.8. The summed E-state index contributed by atoms with van der Waals surface area (Å²) in [5, 5.41) is 5.19. The third kappa shape index (κ3) is 6.97. The Kier molecular flexibility index (Phi) is 9.17. The molecule has 1 saturated heterocycles. The van der Waals surface area contributed by atoms with E-state index in [9.17, 15) is 14.0 Å². The average molecular weight is 635 g/mol. The minimum absolute atomic E-state index is 0.0468. The van der Waals surface area contributed by atoms with E-state index in [-0.39, 0.29) is 23.2 Å². The number of morpholine rings is 1. The smallest absolute Gasteiger partial charge is 0.257 e. The van der Waals surface area contributed by atoms with Crippen molar-refractivity contribution in [2.24, 2.45) is 5.41 Å². The van der Waals surface area contributed by atoms with Gasteiger partial charge < -0.3 is 29.6 Å². The van der Waals surface area contributed by atoms with Gasteiger partial charge in [-0.3, -0.25) is 19.5 Å². The second-order valence-electron chi connectivity index (χ2n) is 10.9. The number of aromatic nitrogens is 3. The van der Waals surface area contributed by atoms with Crippen LogP contribution in [0.25, 0.3) is 11.0 Å². The summed E-state index contributed by atoms with van der Waals surface area (Å²) >= 11 is 0. The zero-order chi connectivity index (χ0) is 32.1. The fourth-order valence-corrected chi connectivity index (χ4v) is 5.03. The highest BCUT2D eigenvalue weighted by Gasteiger charge is 2.56. The van der Waals surface area contributed by atoms with Gasteiger partial charge in [-0.15, -0.1) is 0 Å². The normalized spacial score (nSPS) is 15.6. The van der Waals surface area contributed by atoms with Gasteiger partial charge in [0.1, 0.15) is 16.7 Å². The van der Waals surface area contributed by atoms with Gasteiger partial charge in [0, 0.05) is 49.7 Å². The van der Waals surface area contributed by atoms with Crippen LogP contribution in [0.1, 0.15) is 19.3 Å². The van der Waals surface area contributed by atoms with Crippen LogP contribution in [0.5, 0.6) is 23.3 Å². The molecule has 46 heavy (non-hydrogen) atoms. The lowest BCUT2D eigenvalue weighted by molar-refractivity contribution is -0.131. The van der Waals surface area contributed by atoms with Crippen LogP contribution in [0.15, 0.2) is 54.9 Å². The minimum Gasteiger partial charge on any atom is -0.488 e. The molecule has 12 nitrogen and oxygen atoms in total. The molecule has 0 atom stereocenters. The Bertz CT molecular complexity index is 1730. The number of fused-ring (bicyclic) bond motifs is 1. The Labute approximate surface area is 263 Å². The molecule has 2 amide bonds. The maximum Gasteiger partial charge on any atom is 0.257 e. The van der Waals surface area contributed by atoms with Gasteiger partial charge in [-0.05, 0) is 43.5 Å². The summed E-state index contributed by atoms with van der Waals surface area (Å²) in [5.41, 5.74) is -0.156. The lowest BCUT2D eigenvalue weighted by Crippen LogP contribution is -2.37. The van der Waals surface area contributed by atoms with Crippen molar-refractivity contribution in [3.05, 3.63) is 66.5 Å².